The molecule has 4 nitrogen and oxygen atoms in total. The highest BCUT2D eigenvalue weighted by atomic mass is 32.2. The minimum absolute atomic E-state index is 0.195. The summed E-state index contributed by atoms with van der Waals surface area (Å²) in [5.74, 6) is 0.988. The summed E-state index contributed by atoms with van der Waals surface area (Å²) in [5.41, 5.74) is 2.03. The summed E-state index contributed by atoms with van der Waals surface area (Å²) in [4.78, 5) is 1.17. The van der Waals surface area contributed by atoms with Crippen LogP contribution < -0.4 is 5.14 Å². The van der Waals surface area contributed by atoms with Gasteiger partial charge in [0.1, 0.15) is 0 Å². The van der Waals surface area contributed by atoms with E-state index < -0.39 is 10.0 Å². The molecule has 2 aromatic carbocycles. The lowest BCUT2D eigenvalue weighted by Gasteiger charge is -2.24. The summed E-state index contributed by atoms with van der Waals surface area (Å²) in [6.07, 6.45) is 1.66. The minimum atomic E-state index is -3.74. The molecule has 0 amide bonds. The Bertz CT molecular complexity index is 785. The quantitative estimate of drug-likeness (QED) is 0.825. The molecule has 0 bridgehead atoms. The third-order valence-electron chi connectivity index (χ3n) is 4.20. The molecule has 0 spiro atoms. The Labute approximate surface area is 147 Å². The highest BCUT2D eigenvalue weighted by Crippen LogP contribution is 2.34. The molecule has 24 heavy (non-hydrogen) atoms. The van der Waals surface area contributed by atoms with E-state index in [9.17, 15) is 8.42 Å². The molecule has 0 radical (unpaired) electrons. The summed E-state index contributed by atoms with van der Waals surface area (Å²) in [6, 6.07) is 15.7. The smallest absolute Gasteiger partial charge is 0.238 e. The van der Waals surface area contributed by atoms with Gasteiger partial charge in [-0.15, -0.1) is 11.8 Å². The summed E-state index contributed by atoms with van der Waals surface area (Å²) in [5, 5.41) is 5.47. The Morgan fingerprint density at radius 3 is 2.46 bits per heavy atom. The van der Waals surface area contributed by atoms with E-state index in [4.69, 9.17) is 9.88 Å². The first kappa shape index (κ1) is 17.5. The summed E-state index contributed by atoms with van der Waals surface area (Å²) in [6.45, 7) is 1.33. The van der Waals surface area contributed by atoms with Crippen molar-refractivity contribution >= 4 is 21.8 Å². The monoisotopic (exact) mass is 363 g/mol. The molecule has 1 fully saturated rings. The summed E-state index contributed by atoms with van der Waals surface area (Å²) in [7, 11) is -3.74. The van der Waals surface area contributed by atoms with Crippen LogP contribution in [0.5, 0.6) is 0 Å². The maximum atomic E-state index is 12.1. The average molecular weight is 364 g/mol. The summed E-state index contributed by atoms with van der Waals surface area (Å²) < 4.78 is 29.5. The maximum absolute atomic E-state index is 12.1. The van der Waals surface area contributed by atoms with Crippen molar-refractivity contribution in [3.05, 3.63) is 59.7 Å². The van der Waals surface area contributed by atoms with Gasteiger partial charge in [-0.1, -0.05) is 36.4 Å². The maximum Gasteiger partial charge on any atom is 0.238 e. The molecule has 1 aliphatic rings. The number of benzene rings is 2. The molecular formula is C18H21NO3S2. The number of hydrogen-bond donors (Lipinski definition) is 1. The van der Waals surface area contributed by atoms with Crippen LogP contribution in [0.25, 0.3) is 0 Å². The van der Waals surface area contributed by atoms with E-state index >= 15 is 0 Å². The minimum Gasteiger partial charge on any atom is -0.381 e. The molecule has 0 aliphatic carbocycles. The lowest BCUT2D eigenvalue weighted by atomic mass is 9.92. The van der Waals surface area contributed by atoms with Crippen LogP contribution in [0.4, 0.5) is 0 Å². The lowest BCUT2D eigenvalue weighted by molar-refractivity contribution is 0.0848. The molecule has 1 aliphatic heterocycles. The molecule has 2 aromatic rings. The SMILES string of the molecule is NS(=O)(=O)c1cc(SCc2ccccc2)ccc1C1CCOCC1. The van der Waals surface area contributed by atoms with Gasteiger partial charge in [0, 0.05) is 23.9 Å². The third-order valence-corrected chi connectivity index (χ3v) is 6.23. The molecule has 128 valence electrons. The van der Waals surface area contributed by atoms with E-state index in [-0.39, 0.29) is 10.8 Å². The van der Waals surface area contributed by atoms with E-state index in [1.165, 1.54) is 5.56 Å². The van der Waals surface area contributed by atoms with Crippen LogP contribution in [0.1, 0.15) is 29.9 Å². The van der Waals surface area contributed by atoms with Crippen LogP contribution in [0, 0.1) is 0 Å². The van der Waals surface area contributed by atoms with Crippen LogP contribution in [0.15, 0.2) is 58.3 Å². The standard InChI is InChI=1S/C18H21NO3S2/c19-24(20,21)18-12-16(23-13-14-4-2-1-3-5-14)6-7-17(18)15-8-10-22-11-9-15/h1-7,12,15H,8-11,13H2,(H2,19,20,21). The van der Waals surface area contributed by atoms with Crippen molar-refractivity contribution in [3.63, 3.8) is 0 Å². The van der Waals surface area contributed by atoms with Gasteiger partial charge in [-0.3, -0.25) is 0 Å². The van der Waals surface area contributed by atoms with Crippen LogP contribution in [-0.2, 0) is 20.5 Å². The number of hydrogen-bond acceptors (Lipinski definition) is 4. The van der Waals surface area contributed by atoms with Crippen LogP contribution in [-0.4, -0.2) is 21.6 Å². The fraction of sp³-hybridized carbons (Fsp3) is 0.333. The first-order valence-corrected chi connectivity index (χ1v) is 10.5. The molecule has 1 heterocycles. The number of thioether (sulfide) groups is 1. The van der Waals surface area contributed by atoms with E-state index in [2.05, 4.69) is 12.1 Å². The molecular weight excluding hydrogens is 342 g/mol. The molecule has 6 heteroatoms. The van der Waals surface area contributed by atoms with Crippen LogP contribution in [0.2, 0.25) is 0 Å². The normalized spacial score (nSPS) is 16.2. The van der Waals surface area contributed by atoms with E-state index in [0.717, 1.165) is 29.1 Å². The topological polar surface area (TPSA) is 69.4 Å². The summed E-state index contributed by atoms with van der Waals surface area (Å²) >= 11 is 1.61. The van der Waals surface area contributed by atoms with Gasteiger partial charge in [-0.05, 0) is 42.0 Å². The van der Waals surface area contributed by atoms with E-state index in [1.54, 1.807) is 17.8 Å². The molecule has 2 N–H and O–H groups in total. The van der Waals surface area contributed by atoms with Crippen molar-refractivity contribution < 1.29 is 13.2 Å². The van der Waals surface area contributed by atoms with Crippen molar-refractivity contribution in [2.45, 2.75) is 34.3 Å². The van der Waals surface area contributed by atoms with Crippen molar-refractivity contribution in [3.8, 4) is 0 Å². The molecule has 0 saturated carbocycles. The van der Waals surface area contributed by atoms with E-state index in [1.807, 2.05) is 30.3 Å². The van der Waals surface area contributed by atoms with Crippen LogP contribution in [0.3, 0.4) is 0 Å². The van der Waals surface area contributed by atoms with Crippen molar-refractivity contribution in [1.29, 1.82) is 0 Å². The molecule has 3 rings (SSSR count). The number of sulfonamides is 1. The fourth-order valence-electron chi connectivity index (χ4n) is 2.94. The lowest BCUT2D eigenvalue weighted by Crippen LogP contribution is -2.20. The second-order valence-electron chi connectivity index (χ2n) is 5.91. The second kappa shape index (κ2) is 7.70. The zero-order valence-corrected chi connectivity index (χ0v) is 15.0. The zero-order chi connectivity index (χ0) is 17.0. The first-order valence-electron chi connectivity index (χ1n) is 7.95. The highest BCUT2D eigenvalue weighted by molar-refractivity contribution is 7.98. The molecule has 0 aromatic heterocycles. The number of ether oxygens (including phenoxy) is 1. The Morgan fingerprint density at radius 1 is 1.08 bits per heavy atom. The highest BCUT2D eigenvalue weighted by Gasteiger charge is 2.23. The molecule has 1 saturated heterocycles. The largest absolute Gasteiger partial charge is 0.381 e. The van der Waals surface area contributed by atoms with Gasteiger partial charge in [0.05, 0.1) is 4.90 Å². The first-order chi connectivity index (χ1) is 11.5. The van der Waals surface area contributed by atoms with Crippen molar-refractivity contribution in [1.82, 2.24) is 0 Å². The number of rotatable bonds is 5. The van der Waals surface area contributed by atoms with Gasteiger partial charge in [-0.2, -0.15) is 0 Å². The van der Waals surface area contributed by atoms with Gasteiger partial charge in [-0.25, -0.2) is 13.6 Å². The Hall–Kier alpha value is -1.34. The number of primary sulfonamides is 1. The number of nitrogens with two attached hydrogens (primary N) is 1. The van der Waals surface area contributed by atoms with Gasteiger partial charge in [0.2, 0.25) is 10.0 Å². The second-order valence-corrected chi connectivity index (χ2v) is 8.48. The van der Waals surface area contributed by atoms with Gasteiger partial charge >= 0.3 is 0 Å². The Morgan fingerprint density at radius 2 is 1.79 bits per heavy atom. The average Bonchev–Trinajstić information content (AvgIpc) is 2.61. The third kappa shape index (κ3) is 4.39. The predicted octanol–water partition coefficient (Wildman–Crippen LogP) is 3.52. The van der Waals surface area contributed by atoms with E-state index in [0.29, 0.717) is 13.2 Å². The van der Waals surface area contributed by atoms with Crippen LogP contribution >= 0.6 is 11.8 Å². The Kier molecular flexibility index (Phi) is 5.61. The zero-order valence-electron chi connectivity index (χ0n) is 13.4. The van der Waals surface area contributed by atoms with Crippen molar-refractivity contribution in [2.75, 3.05) is 13.2 Å². The predicted molar refractivity (Wildman–Crippen MR) is 96.6 cm³/mol. The van der Waals surface area contributed by atoms with Gasteiger partial charge < -0.3 is 4.74 Å². The van der Waals surface area contributed by atoms with Crippen molar-refractivity contribution in [2.24, 2.45) is 5.14 Å². The van der Waals surface area contributed by atoms with Gasteiger partial charge in [0.15, 0.2) is 0 Å². The fourth-order valence-corrected chi connectivity index (χ4v) is 4.76. The van der Waals surface area contributed by atoms with Gasteiger partial charge in [0.25, 0.3) is 0 Å². The molecule has 0 unspecified atom stereocenters. The molecule has 0 atom stereocenters. The Balaban J connectivity index is 1.84.